The highest BCUT2D eigenvalue weighted by atomic mass is 16.1. The number of rotatable bonds is 0. The van der Waals surface area contributed by atoms with Crippen LogP contribution in [-0.4, -0.2) is 5.78 Å². The zero-order valence-corrected chi connectivity index (χ0v) is 6.55. The second-order valence-corrected chi connectivity index (χ2v) is 3.73. The van der Waals surface area contributed by atoms with Gasteiger partial charge < -0.3 is 0 Å². The molecule has 1 nitrogen and oxygen atoms in total. The minimum absolute atomic E-state index is 0.227. The molecular weight excluding hydrogens is 136 g/mol. The van der Waals surface area contributed by atoms with Crippen molar-refractivity contribution in [1.29, 1.82) is 0 Å². The molecule has 3 fully saturated rings. The lowest BCUT2D eigenvalue weighted by Crippen LogP contribution is -2.37. The summed E-state index contributed by atoms with van der Waals surface area (Å²) < 4.78 is 0. The number of Topliss-reactive ketones (excluding diaryl/α,β-unsaturated/α-hetero) is 1. The van der Waals surface area contributed by atoms with Crippen LogP contribution in [-0.2, 0) is 4.79 Å². The highest BCUT2D eigenvalue weighted by Gasteiger charge is 2.40. The smallest absolute Gasteiger partial charge is 0.137 e. The maximum absolute atomic E-state index is 11.3. The number of carbonyl (C=O) groups excluding carboxylic acids is 1. The molecule has 11 heavy (non-hydrogen) atoms. The Kier molecular flexibility index (Phi) is 1.49. The fourth-order valence-electron chi connectivity index (χ4n) is 2.45. The van der Waals surface area contributed by atoms with Gasteiger partial charge in [0.25, 0.3) is 0 Å². The Morgan fingerprint density at radius 1 is 1.45 bits per heavy atom. The molecule has 3 aliphatic rings. The van der Waals surface area contributed by atoms with Gasteiger partial charge in [-0.05, 0) is 25.2 Å². The van der Waals surface area contributed by atoms with E-state index in [0.717, 1.165) is 19.3 Å². The largest absolute Gasteiger partial charge is 0.299 e. The van der Waals surface area contributed by atoms with E-state index in [1.807, 2.05) is 0 Å². The summed E-state index contributed by atoms with van der Waals surface area (Å²) in [6, 6.07) is 0. The normalized spacial score (nSPS) is 42.1. The molecule has 0 spiro atoms. The lowest BCUT2D eigenvalue weighted by molar-refractivity contribution is -0.130. The molecule has 0 aromatic rings. The van der Waals surface area contributed by atoms with E-state index in [-0.39, 0.29) is 11.8 Å². The standard InChI is InChI=1S/C10H12O/c1-2-8-5-7-3-4-9(8)10(11)6-7/h1,7-9H,3-6H2/t7-,8+,9+/m0/s1. The fourth-order valence-corrected chi connectivity index (χ4v) is 2.45. The minimum Gasteiger partial charge on any atom is -0.299 e. The lowest BCUT2D eigenvalue weighted by atomic mass is 9.64. The molecule has 3 atom stereocenters. The van der Waals surface area contributed by atoms with Crippen molar-refractivity contribution in [3.63, 3.8) is 0 Å². The average molecular weight is 148 g/mol. The summed E-state index contributed by atoms with van der Waals surface area (Å²) in [7, 11) is 0. The number of terminal acetylenes is 1. The molecule has 0 amide bonds. The van der Waals surface area contributed by atoms with E-state index in [2.05, 4.69) is 5.92 Å². The first-order valence-electron chi connectivity index (χ1n) is 4.30. The molecule has 3 aliphatic carbocycles. The molecule has 3 saturated carbocycles. The summed E-state index contributed by atoms with van der Waals surface area (Å²) in [5, 5.41) is 0. The Labute approximate surface area is 67.2 Å². The summed E-state index contributed by atoms with van der Waals surface area (Å²) in [4.78, 5) is 11.3. The van der Waals surface area contributed by atoms with Crippen molar-refractivity contribution < 1.29 is 4.79 Å². The van der Waals surface area contributed by atoms with Crippen molar-refractivity contribution in [2.24, 2.45) is 17.8 Å². The maximum Gasteiger partial charge on any atom is 0.137 e. The van der Waals surface area contributed by atoms with E-state index in [1.165, 1.54) is 6.42 Å². The number of ketones is 1. The SMILES string of the molecule is C#C[C@@H]1C[C@@H]2CC[C@H]1C(=O)C2. The molecule has 0 unspecified atom stereocenters. The third kappa shape index (κ3) is 0.976. The molecule has 0 radical (unpaired) electrons. The molecule has 58 valence electrons. The van der Waals surface area contributed by atoms with E-state index in [9.17, 15) is 4.79 Å². The van der Waals surface area contributed by atoms with Gasteiger partial charge in [0.05, 0.1) is 0 Å². The molecule has 2 bridgehead atoms. The first-order valence-corrected chi connectivity index (χ1v) is 4.30. The summed E-state index contributed by atoms with van der Waals surface area (Å²) >= 11 is 0. The number of hydrogen-bond acceptors (Lipinski definition) is 1. The molecule has 0 heterocycles. The molecule has 0 N–H and O–H groups in total. The van der Waals surface area contributed by atoms with Crippen LogP contribution < -0.4 is 0 Å². The second-order valence-electron chi connectivity index (χ2n) is 3.73. The maximum atomic E-state index is 11.3. The molecule has 0 aromatic carbocycles. The van der Waals surface area contributed by atoms with Crippen molar-refractivity contribution in [2.75, 3.05) is 0 Å². The Balaban J connectivity index is 2.21. The summed E-state index contributed by atoms with van der Waals surface area (Å²) in [5.41, 5.74) is 0. The Morgan fingerprint density at radius 2 is 2.27 bits per heavy atom. The van der Waals surface area contributed by atoms with Crippen LogP contribution in [0, 0.1) is 30.1 Å². The highest BCUT2D eigenvalue weighted by Crippen LogP contribution is 2.42. The molecule has 0 saturated heterocycles. The Morgan fingerprint density at radius 3 is 2.73 bits per heavy atom. The van der Waals surface area contributed by atoms with Crippen LogP contribution in [0.25, 0.3) is 0 Å². The number of carbonyl (C=O) groups is 1. The van der Waals surface area contributed by atoms with Crippen LogP contribution in [0.15, 0.2) is 0 Å². The first-order chi connectivity index (χ1) is 5.31. The van der Waals surface area contributed by atoms with E-state index < -0.39 is 0 Å². The highest BCUT2D eigenvalue weighted by molar-refractivity contribution is 5.83. The monoisotopic (exact) mass is 148 g/mol. The molecule has 0 aliphatic heterocycles. The van der Waals surface area contributed by atoms with Crippen LogP contribution in [0.5, 0.6) is 0 Å². The van der Waals surface area contributed by atoms with Gasteiger partial charge >= 0.3 is 0 Å². The Hall–Kier alpha value is -0.770. The van der Waals surface area contributed by atoms with Gasteiger partial charge in [-0.1, -0.05) is 0 Å². The van der Waals surface area contributed by atoms with Gasteiger partial charge in [0.1, 0.15) is 5.78 Å². The topological polar surface area (TPSA) is 17.1 Å². The summed E-state index contributed by atoms with van der Waals surface area (Å²) in [5.74, 6) is 4.29. The van der Waals surface area contributed by atoms with E-state index in [1.54, 1.807) is 0 Å². The second kappa shape index (κ2) is 2.37. The van der Waals surface area contributed by atoms with Gasteiger partial charge in [-0.3, -0.25) is 4.79 Å². The molecule has 1 heteroatoms. The van der Waals surface area contributed by atoms with Crippen LogP contribution in [0.3, 0.4) is 0 Å². The van der Waals surface area contributed by atoms with Gasteiger partial charge in [-0.25, -0.2) is 0 Å². The van der Waals surface area contributed by atoms with E-state index in [4.69, 9.17) is 6.42 Å². The van der Waals surface area contributed by atoms with Crippen molar-refractivity contribution in [2.45, 2.75) is 25.7 Å². The predicted molar refractivity (Wildman–Crippen MR) is 42.8 cm³/mol. The van der Waals surface area contributed by atoms with Crippen molar-refractivity contribution in [3.05, 3.63) is 0 Å². The lowest BCUT2D eigenvalue weighted by Gasteiger charge is -2.38. The van der Waals surface area contributed by atoms with Gasteiger partial charge in [-0.15, -0.1) is 12.3 Å². The number of hydrogen-bond donors (Lipinski definition) is 0. The Bertz CT molecular complexity index is 224. The number of fused-ring (bicyclic) bond motifs is 3. The van der Waals surface area contributed by atoms with Gasteiger partial charge in [0.2, 0.25) is 0 Å². The van der Waals surface area contributed by atoms with Gasteiger partial charge in [0, 0.05) is 18.3 Å². The zero-order valence-electron chi connectivity index (χ0n) is 6.55. The van der Waals surface area contributed by atoms with Gasteiger partial charge in [0.15, 0.2) is 0 Å². The third-order valence-corrected chi connectivity index (χ3v) is 3.08. The van der Waals surface area contributed by atoms with Crippen LogP contribution in [0.2, 0.25) is 0 Å². The summed E-state index contributed by atoms with van der Waals surface area (Å²) in [6.07, 6.45) is 9.55. The molecule has 0 aromatic heterocycles. The first kappa shape index (κ1) is 6.91. The molecule has 3 rings (SSSR count). The van der Waals surface area contributed by atoms with Crippen LogP contribution in [0.4, 0.5) is 0 Å². The van der Waals surface area contributed by atoms with Crippen LogP contribution in [0.1, 0.15) is 25.7 Å². The van der Waals surface area contributed by atoms with Crippen molar-refractivity contribution in [1.82, 2.24) is 0 Å². The van der Waals surface area contributed by atoms with E-state index >= 15 is 0 Å². The predicted octanol–water partition coefficient (Wildman–Crippen LogP) is 1.62. The average Bonchev–Trinajstić information content (AvgIpc) is 2.04. The quantitative estimate of drug-likeness (QED) is 0.477. The minimum atomic E-state index is 0.227. The zero-order chi connectivity index (χ0) is 7.84. The van der Waals surface area contributed by atoms with Crippen molar-refractivity contribution in [3.8, 4) is 12.3 Å². The summed E-state index contributed by atoms with van der Waals surface area (Å²) in [6.45, 7) is 0. The van der Waals surface area contributed by atoms with Crippen molar-refractivity contribution >= 4 is 5.78 Å². The van der Waals surface area contributed by atoms with E-state index in [0.29, 0.717) is 11.7 Å². The van der Waals surface area contributed by atoms with Crippen LogP contribution >= 0.6 is 0 Å². The fraction of sp³-hybridized carbons (Fsp3) is 0.700. The third-order valence-electron chi connectivity index (χ3n) is 3.08. The molecular formula is C10H12O. The van der Waals surface area contributed by atoms with Gasteiger partial charge in [-0.2, -0.15) is 0 Å².